The fourth-order valence-corrected chi connectivity index (χ4v) is 3.64. The summed E-state index contributed by atoms with van der Waals surface area (Å²) in [6.07, 6.45) is 8.58. The fourth-order valence-electron chi connectivity index (χ4n) is 3.64. The van der Waals surface area contributed by atoms with Crippen LogP contribution in [0.2, 0.25) is 0 Å². The van der Waals surface area contributed by atoms with Gasteiger partial charge in [-0.2, -0.15) is 0 Å². The molecule has 0 amide bonds. The standard InChI is InChI=1S/C13H26BNO/c1-4-11(2,3)12-7-5-9-13(14-15,16-12)10-6-8-12/h14H,4-10,15H2,1-3H3. The molecule has 92 valence electrons. The molecule has 2 N–H and O–H groups in total. The minimum atomic E-state index is 0.0168. The zero-order valence-electron chi connectivity index (χ0n) is 11.1. The summed E-state index contributed by atoms with van der Waals surface area (Å²) >= 11 is 0. The molecule has 2 bridgehead atoms. The average molecular weight is 223 g/mol. The van der Waals surface area contributed by atoms with Gasteiger partial charge in [-0.3, -0.25) is 0 Å². The minimum absolute atomic E-state index is 0.0168. The first-order chi connectivity index (χ1) is 7.49. The molecule has 2 heterocycles. The average Bonchev–Trinajstić information content (AvgIpc) is 2.29. The van der Waals surface area contributed by atoms with Gasteiger partial charge >= 0.3 is 0 Å². The first kappa shape index (κ1) is 12.4. The van der Waals surface area contributed by atoms with Crippen molar-refractivity contribution in [1.82, 2.24) is 0 Å². The van der Waals surface area contributed by atoms with E-state index in [1.807, 2.05) is 0 Å². The second-order valence-electron chi connectivity index (χ2n) is 6.43. The molecule has 0 unspecified atom stereocenters. The number of fused-ring (bicyclic) bond motifs is 2. The molecule has 2 saturated heterocycles. The molecule has 2 rings (SSSR count). The lowest BCUT2D eigenvalue weighted by molar-refractivity contribution is -0.232. The molecular weight excluding hydrogens is 197 g/mol. The minimum Gasteiger partial charge on any atom is -0.375 e. The Morgan fingerprint density at radius 2 is 1.75 bits per heavy atom. The lowest BCUT2D eigenvalue weighted by atomic mass is 9.56. The highest BCUT2D eigenvalue weighted by Crippen LogP contribution is 2.53. The van der Waals surface area contributed by atoms with E-state index >= 15 is 0 Å². The van der Waals surface area contributed by atoms with Crippen LogP contribution in [0.1, 0.15) is 65.7 Å². The van der Waals surface area contributed by atoms with E-state index < -0.39 is 0 Å². The van der Waals surface area contributed by atoms with Gasteiger partial charge < -0.3 is 10.4 Å². The SMILES string of the molecule is CCC(C)(C)C12CCCC(BN)(CCC1)O2. The molecule has 2 aliphatic rings. The lowest BCUT2D eigenvalue weighted by Crippen LogP contribution is -2.62. The highest BCUT2D eigenvalue weighted by Gasteiger charge is 2.54. The number of nitrogens with two attached hydrogens (primary N) is 1. The zero-order valence-corrected chi connectivity index (χ0v) is 11.1. The second kappa shape index (κ2) is 4.02. The topological polar surface area (TPSA) is 35.2 Å². The second-order valence-corrected chi connectivity index (χ2v) is 6.43. The van der Waals surface area contributed by atoms with Crippen LogP contribution < -0.4 is 5.64 Å². The van der Waals surface area contributed by atoms with Crippen LogP contribution in [0, 0.1) is 5.41 Å². The molecule has 2 fully saturated rings. The molecule has 0 aliphatic carbocycles. The number of hydrogen-bond acceptors (Lipinski definition) is 2. The molecular formula is C13H26BNO. The van der Waals surface area contributed by atoms with E-state index in [0.717, 1.165) is 0 Å². The van der Waals surface area contributed by atoms with Gasteiger partial charge in [-0.15, -0.1) is 0 Å². The predicted octanol–water partition coefficient (Wildman–Crippen LogP) is 2.55. The van der Waals surface area contributed by atoms with Gasteiger partial charge in [0.15, 0.2) is 0 Å². The monoisotopic (exact) mass is 223 g/mol. The first-order valence-corrected chi connectivity index (χ1v) is 6.89. The largest absolute Gasteiger partial charge is 0.375 e. The van der Waals surface area contributed by atoms with E-state index in [2.05, 4.69) is 20.8 Å². The summed E-state index contributed by atoms with van der Waals surface area (Å²) in [5, 5.41) is 0. The maximum absolute atomic E-state index is 6.58. The maximum Gasteiger partial charge on any atom is 0.235 e. The van der Waals surface area contributed by atoms with Crippen molar-refractivity contribution in [2.45, 2.75) is 76.8 Å². The molecule has 2 aliphatic heterocycles. The van der Waals surface area contributed by atoms with Crippen molar-refractivity contribution in [2.24, 2.45) is 11.1 Å². The number of hydrogen-bond donors (Lipinski definition) is 1. The van der Waals surface area contributed by atoms with Crippen LogP contribution in [0.15, 0.2) is 0 Å². The van der Waals surface area contributed by atoms with Crippen molar-refractivity contribution in [1.29, 1.82) is 0 Å². The quantitative estimate of drug-likeness (QED) is 0.746. The van der Waals surface area contributed by atoms with Crippen LogP contribution in [0.4, 0.5) is 0 Å². The van der Waals surface area contributed by atoms with Crippen LogP contribution in [0.25, 0.3) is 0 Å². The van der Waals surface area contributed by atoms with E-state index in [0.29, 0.717) is 7.41 Å². The van der Waals surface area contributed by atoms with Gasteiger partial charge in [0.1, 0.15) is 0 Å². The summed E-state index contributed by atoms with van der Waals surface area (Å²) in [6.45, 7) is 7.02. The van der Waals surface area contributed by atoms with Gasteiger partial charge in [-0.1, -0.05) is 20.8 Å². The molecule has 0 atom stereocenters. The Kier molecular flexibility index (Phi) is 3.13. The predicted molar refractivity (Wildman–Crippen MR) is 69.7 cm³/mol. The first-order valence-electron chi connectivity index (χ1n) is 6.89. The van der Waals surface area contributed by atoms with E-state index in [-0.39, 0.29) is 16.5 Å². The Labute approximate surface area is 101 Å². The summed E-state index contributed by atoms with van der Waals surface area (Å²) < 4.78 is 6.58. The third kappa shape index (κ3) is 1.72. The van der Waals surface area contributed by atoms with E-state index in [4.69, 9.17) is 10.4 Å². The molecule has 0 aromatic heterocycles. The molecule has 0 spiro atoms. The van der Waals surface area contributed by atoms with E-state index in [1.54, 1.807) is 0 Å². The highest BCUT2D eigenvalue weighted by molar-refractivity contribution is 6.35. The molecule has 0 saturated carbocycles. The van der Waals surface area contributed by atoms with Crippen molar-refractivity contribution in [3.05, 3.63) is 0 Å². The normalized spacial score (nSPS) is 39.5. The Hall–Kier alpha value is -0.0151. The highest BCUT2D eigenvalue weighted by atomic mass is 16.5. The van der Waals surface area contributed by atoms with Crippen molar-refractivity contribution in [3.8, 4) is 0 Å². The van der Waals surface area contributed by atoms with Crippen LogP contribution in [0.5, 0.6) is 0 Å². The van der Waals surface area contributed by atoms with Crippen molar-refractivity contribution in [3.63, 3.8) is 0 Å². The molecule has 16 heavy (non-hydrogen) atoms. The van der Waals surface area contributed by atoms with Crippen LogP contribution in [0.3, 0.4) is 0 Å². The van der Waals surface area contributed by atoms with E-state index in [9.17, 15) is 0 Å². The Balaban J connectivity index is 2.27. The third-order valence-electron chi connectivity index (χ3n) is 5.33. The van der Waals surface area contributed by atoms with Gasteiger partial charge in [0.2, 0.25) is 7.41 Å². The van der Waals surface area contributed by atoms with Gasteiger partial charge in [-0.05, 0) is 50.4 Å². The van der Waals surface area contributed by atoms with Gasteiger partial charge in [0.25, 0.3) is 0 Å². The van der Waals surface area contributed by atoms with Crippen LogP contribution in [-0.4, -0.2) is 18.5 Å². The maximum atomic E-state index is 6.58. The Bertz CT molecular complexity index is 253. The lowest BCUT2D eigenvalue weighted by Gasteiger charge is -2.58. The molecule has 0 radical (unpaired) electrons. The zero-order chi connectivity index (χ0) is 11.9. The molecule has 3 heteroatoms. The van der Waals surface area contributed by atoms with Crippen molar-refractivity contribution in [2.75, 3.05) is 0 Å². The van der Waals surface area contributed by atoms with Gasteiger partial charge in [0, 0.05) is 0 Å². The van der Waals surface area contributed by atoms with Crippen molar-refractivity contribution >= 4 is 7.41 Å². The summed E-state index contributed by atoms with van der Waals surface area (Å²) in [4.78, 5) is 0. The fraction of sp³-hybridized carbons (Fsp3) is 1.00. The molecule has 2 nitrogen and oxygen atoms in total. The van der Waals surface area contributed by atoms with Gasteiger partial charge in [0.05, 0.1) is 11.1 Å². The van der Waals surface area contributed by atoms with E-state index in [1.165, 1.54) is 44.9 Å². The summed E-state index contributed by atoms with van der Waals surface area (Å²) in [5.41, 5.74) is 6.38. The molecule has 0 aromatic carbocycles. The van der Waals surface area contributed by atoms with Crippen LogP contribution >= 0.6 is 0 Å². The van der Waals surface area contributed by atoms with Gasteiger partial charge in [-0.25, -0.2) is 0 Å². The Morgan fingerprint density at radius 3 is 2.19 bits per heavy atom. The van der Waals surface area contributed by atoms with Crippen LogP contribution in [-0.2, 0) is 4.74 Å². The number of rotatable bonds is 3. The number of ether oxygens (including phenoxy) is 1. The summed E-state index contributed by atoms with van der Waals surface area (Å²) in [7, 11) is 0.703. The van der Waals surface area contributed by atoms with Crippen molar-refractivity contribution < 1.29 is 4.74 Å². The summed E-state index contributed by atoms with van der Waals surface area (Å²) in [6, 6.07) is 0. The summed E-state index contributed by atoms with van der Waals surface area (Å²) in [5.74, 6) is 0. The Morgan fingerprint density at radius 1 is 1.19 bits per heavy atom. The third-order valence-corrected chi connectivity index (χ3v) is 5.33. The smallest absolute Gasteiger partial charge is 0.235 e. The molecule has 0 aromatic rings.